The molecule has 0 bridgehead atoms. The Kier molecular flexibility index (Phi) is 7.85. The van der Waals surface area contributed by atoms with Crippen LogP contribution >= 0.6 is 23.2 Å². The van der Waals surface area contributed by atoms with Gasteiger partial charge in [0.25, 0.3) is 0 Å². The third-order valence-corrected chi connectivity index (χ3v) is 4.58. The lowest BCUT2D eigenvalue weighted by atomic mass is 10.1. The molecule has 0 aliphatic rings. The largest absolute Gasteiger partial charge is 0.493 e. The van der Waals surface area contributed by atoms with Crippen LogP contribution in [0.5, 0.6) is 11.5 Å². The molecule has 0 aromatic heterocycles. The van der Waals surface area contributed by atoms with Crippen LogP contribution in [-0.2, 0) is 13.2 Å². The third-order valence-electron chi connectivity index (χ3n) is 3.93. The zero-order valence-corrected chi connectivity index (χ0v) is 15.9. The van der Waals surface area contributed by atoms with Crippen LogP contribution in [0, 0.1) is 0 Å². The van der Waals surface area contributed by atoms with E-state index in [0.717, 1.165) is 17.5 Å². The summed E-state index contributed by atoms with van der Waals surface area (Å²) in [5.74, 6) is 1.05. The first kappa shape index (κ1) is 19.9. The van der Waals surface area contributed by atoms with Crippen molar-refractivity contribution < 1.29 is 14.6 Å². The fourth-order valence-corrected chi connectivity index (χ4v) is 2.86. The van der Waals surface area contributed by atoms with E-state index in [1.807, 2.05) is 43.3 Å². The lowest BCUT2D eigenvalue weighted by Gasteiger charge is -2.17. The maximum absolute atomic E-state index is 9.26. The lowest BCUT2D eigenvalue weighted by Crippen LogP contribution is -2.31. The Morgan fingerprint density at radius 2 is 1.92 bits per heavy atom. The SMILES string of the molecule is CC[C@H](CO)NCc1cc(Cl)c(OCc2ccccc2Cl)c(OC)c1. The molecule has 6 heteroatoms. The average molecular weight is 384 g/mol. The van der Waals surface area contributed by atoms with Crippen LogP contribution in [0.1, 0.15) is 24.5 Å². The summed E-state index contributed by atoms with van der Waals surface area (Å²) >= 11 is 12.5. The smallest absolute Gasteiger partial charge is 0.180 e. The molecule has 4 nitrogen and oxygen atoms in total. The minimum Gasteiger partial charge on any atom is -0.493 e. The quantitative estimate of drug-likeness (QED) is 0.671. The molecule has 0 saturated carbocycles. The van der Waals surface area contributed by atoms with Crippen molar-refractivity contribution in [3.63, 3.8) is 0 Å². The second-order valence-electron chi connectivity index (χ2n) is 5.66. The Bertz CT molecular complexity index is 690. The van der Waals surface area contributed by atoms with E-state index in [-0.39, 0.29) is 12.6 Å². The topological polar surface area (TPSA) is 50.7 Å². The molecule has 0 amide bonds. The number of hydrogen-bond acceptors (Lipinski definition) is 4. The summed E-state index contributed by atoms with van der Waals surface area (Å²) in [5, 5.41) is 13.7. The molecule has 0 spiro atoms. The summed E-state index contributed by atoms with van der Waals surface area (Å²) in [6, 6.07) is 11.3. The van der Waals surface area contributed by atoms with Crippen LogP contribution in [-0.4, -0.2) is 24.9 Å². The lowest BCUT2D eigenvalue weighted by molar-refractivity contribution is 0.238. The molecule has 0 unspecified atom stereocenters. The van der Waals surface area contributed by atoms with Crippen molar-refractivity contribution in [2.75, 3.05) is 13.7 Å². The summed E-state index contributed by atoms with van der Waals surface area (Å²) in [6.07, 6.45) is 0.848. The Labute approximate surface area is 158 Å². The number of benzene rings is 2. The van der Waals surface area contributed by atoms with Gasteiger partial charge in [0.15, 0.2) is 11.5 Å². The van der Waals surface area contributed by atoms with Gasteiger partial charge in [-0.25, -0.2) is 0 Å². The van der Waals surface area contributed by atoms with Gasteiger partial charge in [0.05, 0.1) is 18.7 Å². The Morgan fingerprint density at radius 3 is 2.56 bits per heavy atom. The van der Waals surface area contributed by atoms with Gasteiger partial charge in [-0.15, -0.1) is 0 Å². The highest BCUT2D eigenvalue weighted by Crippen LogP contribution is 2.37. The number of hydrogen-bond donors (Lipinski definition) is 2. The first-order valence-corrected chi connectivity index (χ1v) is 8.91. The van der Waals surface area contributed by atoms with Crippen LogP contribution in [0.3, 0.4) is 0 Å². The summed E-state index contributed by atoms with van der Waals surface area (Å²) < 4.78 is 11.3. The van der Waals surface area contributed by atoms with Crippen LogP contribution in [0.25, 0.3) is 0 Å². The minimum atomic E-state index is 0.0564. The van der Waals surface area contributed by atoms with Gasteiger partial charge in [0.2, 0.25) is 0 Å². The zero-order valence-electron chi connectivity index (χ0n) is 14.4. The number of ether oxygens (including phenoxy) is 2. The monoisotopic (exact) mass is 383 g/mol. The average Bonchev–Trinajstić information content (AvgIpc) is 2.62. The Morgan fingerprint density at radius 1 is 1.16 bits per heavy atom. The third kappa shape index (κ3) is 5.51. The molecule has 136 valence electrons. The van der Waals surface area contributed by atoms with E-state index in [0.29, 0.717) is 34.7 Å². The van der Waals surface area contributed by atoms with Gasteiger partial charge < -0.3 is 19.9 Å². The molecule has 0 aliphatic carbocycles. The van der Waals surface area contributed by atoms with Crippen molar-refractivity contribution in [1.29, 1.82) is 0 Å². The van der Waals surface area contributed by atoms with E-state index in [9.17, 15) is 5.11 Å². The van der Waals surface area contributed by atoms with Crippen molar-refractivity contribution in [2.45, 2.75) is 32.5 Å². The van der Waals surface area contributed by atoms with Gasteiger partial charge in [-0.05, 0) is 30.2 Å². The summed E-state index contributed by atoms with van der Waals surface area (Å²) in [4.78, 5) is 0. The summed E-state index contributed by atoms with van der Waals surface area (Å²) in [6.45, 7) is 3.00. The highest BCUT2D eigenvalue weighted by molar-refractivity contribution is 6.32. The van der Waals surface area contributed by atoms with Crippen molar-refractivity contribution in [1.82, 2.24) is 5.32 Å². The van der Waals surface area contributed by atoms with E-state index >= 15 is 0 Å². The molecule has 0 heterocycles. The number of aliphatic hydroxyl groups excluding tert-OH is 1. The molecule has 0 saturated heterocycles. The van der Waals surface area contributed by atoms with Crippen LogP contribution in [0.2, 0.25) is 10.0 Å². The Balaban J connectivity index is 2.12. The molecule has 2 N–H and O–H groups in total. The van der Waals surface area contributed by atoms with Gasteiger partial charge >= 0.3 is 0 Å². The molecule has 1 atom stereocenters. The zero-order chi connectivity index (χ0) is 18.2. The normalized spacial score (nSPS) is 12.0. The molecule has 0 fully saturated rings. The minimum absolute atomic E-state index is 0.0564. The summed E-state index contributed by atoms with van der Waals surface area (Å²) in [7, 11) is 1.58. The maximum Gasteiger partial charge on any atom is 0.180 e. The van der Waals surface area contributed by atoms with Crippen molar-refractivity contribution in [3.8, 4) is 11.5 Å². The van der Waals surface area contributed by atoms with Crippen LogP contribution in [0.4, 0.5) is 0 Å². The predicted molar refractivity (Wildman–Crippen MR) is 102 cm³/mol. The molecule has 2 aromatic carbocycles. The Hall–Kier alpha value is -1.46. The number of rotatable bonds is 9. The maximum atomic E-state index is 9.26. The predicted octanol–water partition coefficient (Wildman–Crippen LogP) is 4.44. The fourth-order valence-electron chi connectivity index (χ4n) is 2.38. The van der Waals surface area contributed by atoms with Crippen LogP contribution in [0.15, 0.2) is 36.4 Å². The number of methoxy groups -OCH3 is 1. The first-order valence-electron chi connectivity index (χ1n) is 8.15. The van der Waals surface area contributed by atoms with Crippen molar-refractivity contribution >= 4 is 23.2 Å². The van der Waals surface area contributed by atoms with E-state index in [1.54, 1.807) is 7.11 Å². The molecular formula is C19H23Cl2NO3. The van der Waals surface area contributed by atoms with Gasteiger partial charge in [-0.2, -0.15) is 0 Å². The van der Waals surface area contributed by atoms with Gasteiger partial charge in [0.1, 0.15) is 6.61 Å². The molecule has 2 rings (SSSR count). The van der Waals surface area contributed by atoms with Crippen LogP contribution < -0.4 is 14.8 Å². The van der Waals surface area contributed by atoms with Gasteiger partial charge in [-0.1, -0.05) is 48.3 Å². The van der Waals surface area contributed by atoms with E-state index in [1.165, 1.54) is 0 Å². The van der Waals surface area contributed by atoms with Gasteiger partial charge in [0, 0.05) is 23.2 Å². The molecule has 25 heavy (non-hydrogen) atoms. The molecule has 0 aliphatic heterocycles. The second kappa shape index (κ2) is 9.88. The number of aliphatic hydroxyl groups is 1. The van der Waals surface area contributed by atoms with Crippen molar-refractivity contribution in [3.05, 3.63) is 57.6 Å². The first-order chi connectivity index (χ1) is 12.1. The molecular weight excluding hydrogens is 361 g/mol. The number of nitrogens with one attached hydrogen (secondary N) is 1. The van der Waals surface area contributed by atoms with Gasteiger partial charge in [-0.3, -0.25) is 0 Å². The number of halogens is 2. The van der Waals surface area contributed by atoms with Crippen molar-refractivity contribution in [2.24, 2.45) is 0 Å². The highest BCUT2D eigenvalue weighted by atomic mass is 35.5. The van der Waals surface area contributed by atoms with E-state index in [4.69, 9.17) is 32.7 Å². The fraction of sp³-hybridized carbons (Fsp3) is 0.368. The summed E-state index contributed by atoms with van der Waals surface area (Å²) in [5.41, 5.74) is 1.83. The van der Waals surface area contributed by atoms with E-state index in [2.05, 4.69) is 5.32 Å². The second-order valence-corrected chi connectivity index (χ2v) is 6.47. The van der Waals surface area contributed by atoms with E-state index < -0.39 is 0 Å². The molecule has 2 aromatic rings. The molecule has 0 radical (unpaired) electrons. The highest BCUT2D eigenvalue weighted by Gasteiger charge is 2.14. The standard InChI is InChI=1S/C19H23Cl2NO3/c1-3-15(11-23)22-10-13-8-17(21)19(18(9-13)24-2)25-12-14-6-4-5-7-16(14)20/h4-9,15,22-23H,3,10-12H2,1-2H3/t15-/m1/s1.